The Morgan fingerprint density at radius 3 is 1.75 bits per heavy atom. The first-order valence-electron chi connectivity index (χ1n) is 18.0. The van der Waals surface area contributed by atoms with Crippen molar-refractivity contribution in [1.29, 1.82) is 0 Å². The highest BCUT2D eigenvalue weighted by atomic mass is 16.5. The van der Waals surface area contributed by atoms with Gasteiger partial charge in [0.2, 0.25) is 0 Å². The molecule has 51 heavy (non-hydrogen) atoms. The summed E-state index contributed by atoms with van der Waals surface area (Å²) in [6, 6.07) is 24.4. The molecule has 3 aromatic carbocycles. The van der Waals surface area contributed by atoms with Crippen molar-refractivity contribution in [3.05, 3.63) is 109 Å². The second-order valence-electron chi connectivity index (χ2n) is 12.6. The van der Waals surface area contributed by atoms with E-state index in [0.717, 1.165) is 91.2 Å². The summed E-state index contributed by atoms with van der Waals surface area (Å²) in [5.74, 6) is 0.251. The number of ether oxygens (including phenoxy) is 5. The average Bonchev–Trinajstić information content (AvgIpc) is 3.16. The number of hydrogen-bond donors (Lipinski definition) is 0. The van der Waals surface area contributed by atoms with Gasteiger partial charge in [-0.3, -0.25) is 4.79 Å². The number of rotatable bonds is 21. The molecule has 0 aliphatic heterocycles. The Hall–Kier alpha value is -5.11. The number of esters is 3. The summed E-state index contributed by atoms with van der Waals surface area (Å²) in [5.41, 5.74) is 4.55. The Morgan fingerprint density at radius 2 is 1.14 bits per heavy atom. The summed E-state index contributed by atoms with van der Waals surface area (Å²) in [5, 5.41) is 0. The molecule has 0 atom stereocenters. The van der Waals surface area contributed by atoms with Crippen molar-refractivity contribution in [3.63, 3.8) is 0 Å². The van der Waals surface area contributed by atoms with Crippen LogP contribution >= 0.6 is 0 Å². The number of unbranched alkanes of at least 4 members (excludes halogenated alkanes) is 3. The van der Waals surface area contributed by atoms with Crippen molar-refractivity contribution in [2.75, 3.05) is 26.4 Å². The molecule has 1 aliphatic carbocycles. The van der Waals surface area contributed by atoms with E-state index in [-0.39, 0.29) is 18.1 Å². The lowest BCUT2D eigenvalue weighted by atomic mass is 9.98. The minimum absolute atomic E-state index is 0.0297. The maximum Gasteiger partial charge on any atom is 0.333 e. The van der Waals surface area contributed by atoms with Gasteiger partial charge in [0, 0.05) is 18.1 Å². The van der Waals surface area contributed by atoms with E-state index in [4.69, 9.17) is 23.7 Å². The molecule has 1 fully saturated rings. The van der Waals surface area contributed by atoms with Crippen molar-refractivity contribution >= 4 is 30.1 Å². The van der Waals surface area contributed by atoms with Gasteiger partial charge in [0.05, 0.1) is 32.8 Å². The highest BCUT2D eigenvalue weighted by Crippen LogP contribution is 2.24. The molecule has 0 amide bonds. The molecule has 1 aliphatic rings. The van der Waals surface area contributed by atoms with Crippen molar-refractivity contribution in [2.24, 2.45) is 0 Å². The fourth-order valence-corrected chi connectivity index (χ4v) is 5.55. The maximum absolute atomic E-state index is 12.2. The van der Waals surface area contributed by atoms with E-state index in [0.29, 0.717) is 32.8 Å². The molecule has 1 saturated carbocycles. The van der Waals surface area contributed by atoms with E-state index in [1.54, 1.807) is 0 Å². The normalized spacial score (nSPS) is 12.9. The van der Waals surface area contributed by atoms with E-state index in [2.05, 4.69) is 61.7 Å². The van der Waals surface area contributed by atoms with Crippen LogP contribution in [0.3, 0.4) is 0 Å². The monoisotopic (exact) mass is 694 g/mol. The predicted molar refractivity (Wildman–Crippen MR) is 200 cm³/mol. The lowest BCUT2D eigenvalue weighted by Gasteiger charge is -2.21. The predicted octanol–water partition coefficient (Wildman–Crippen LogP) is 9.33. The fraction of sp³-hybridized carbons (Fsp3) is 0.372. The first kappa shape index (κ1) is 38.7. The lowest BCUT2D eigenvalue weighted by Crippen LogP contribution is -2.22. The fourth-order valence-electron chi connectivity index (χ4n) is 5.55. The smallest absolute Gasteiger partial charge is 0.333 e. The molecule has 0 N–H and O–H groups in total. The molecule has 0 bridgehead atoms. The van der Waals surface area contributed by atoms with Crippen molar-refractivity contribution in [2.45, 2.75) is 76.7 Å². The van der Waals surface area contributed by atoms with Crippen LogP contribution in [0.1, 0.15) is 81.8 Å². The summed E-state index contributed by atoms with van der Waals surface area (Å²) in [6.45, 7) is 8.77. The van der Waals surface area contributed by atoms with E-state index >= 15 is 0 Å². The zero-order valence-electron chi connectivity index (χ0n) is 29.5. The molecule has 0 spiro atoms. The molecule has 0 unspecified atom stereocenters. The van der Waals surface area contributed by atoms with Crippen LogP contribution < -0.4 is 9.47 Å². The lowest BCUT2D eigenvalue weighted by molar-refractivity contribution is -0.151. The minimum atomic E-state index is -0.527. The molecule has 0 heterocycles. The van der Waals surface area contributed by atoms with Crippen LogP contribution in [-0.4, -0.2) is 50.4 Å². The Kier molecular flexibility index (Phi) is 16.6. The Bertz CT molecular complexity index is 1570. The molecule has 0 aromatic heterocycles. The Balaban J connectivity index is 1.06. The van der Waals surface area contributed by atoms with E-state index in [9.17, 15) is 14.4 Å². The summed E-state index contributed by atoms with van der Waals surface area (Å²) < 4.78 is 27.3. The van der Waals surface area contributed by atoms with Gasteiger partial charge in [-0.15, -0.1) is 0 Å². The zero-order valence-corrected chi connectivity index (χ0v) is 29.5. The summed E-state index contributed by atoms with van der Waals surface area (Å²) in [6.07, 6.45) is 14.4. The van der Waals surface area contributed by atoms with Crippen LogP contribution in [0.15, 0.2) is 97.6 Å². The van der Waals surface area contributed by atoms with Crippen LogP contribution in [0.25, 0.3) is 23.3 Å². The van der Waals surface area contributed by atoms with Gasteiger partial charge in [-0.1, -0.05) is 80.3 Å². The van der Waals surface area contributed by atoms with E-state index in [1.165, 1.54) is 6.42 Å². The van der Waals surface area contributed by atoms with Crippen LogP contribution in [0.4, 0.5) is 0 Å². The standard InChI is InChI=1S/C43H50O8/c1-3-41(44)49-31-11-30-48-38-24-18-35(19-25-38)15-14-34-16-20-36(21-17-34)37-22-26-39(27-23-37)47-28-9-4-5-10-29-50-43(46)33(2)32-42(45)51-40-12-7-6-8-13-40/h3,14-27,40H,1-2,4-13,28-32H2/b15-14+. The topological polar surface area (TPSA) is 97.4 Å². The third-order valence-electron chi connectivity index (χ3n) is 8.45. The van der Waals surface area contributed by atoms with Gasteiger partial charge in [-0.05, 0) is 97.9 Å². The summed E-state index contributed by atoms with van der Waals surface area (Å²) in [7, 11) is 0. The molecule has 8 heteroatoms. The van der Waals surface area contributed by atoms with E-state index in [1.807, 2.05) is 36.4 Å². The average molecular weight is 695 g/mol. The molecular weight excluding hydrogens is 644 g/mol. The first-order chi connectivity index (χ1) is 24.9. The van der Waals surface area contributed by atoms with Crippen molar-refractivity contribution in [3.8, 4) is 22.6 Å². The second-order valence-corrected chi connectivity index (χ2v) is 12.6. The van der Waals surface area contributed by atoms with Crippen molar-refractivity contribution < 1.29 is 38.1 Å². The van der Waals surface area contributed by atoms with Gasteiger partial charge in [-0.25, -0.2) is 9.59 Å². The SMILES string of the molecule is C=CC(=O)OCCCOc1ccc(/C=C/c2ccc(-c3ccc(OCCCCCCOC(=O)C(=C)CC(=O)OC4CCCCC4)cc3)cc2)cc1. The van der Waals surface area contributed by atoms with Gasteiger partial charge >= 0.3 is 17.9 Å². The minimum Gasteiger partial charge on any atom is -0.494 e. The van der Waals surface area contributed by atoms with Gasteiger partial charge in [0.25, 0.3) is 0 Å². The number of benzene rings is 3. The van der Waals surface area contributed by atoms with Crippen LogP contribution in [0.2, 0.25) is 0 Å². The summed E-state index contributed by atoms with van der Waals surface area (Å²) >= 11 is 0. The maximum atomic E-state index is 12.2. The second kappa shape index (κ2) is 21.9. The number of hydrogen-bond acceptors (Lipinski definition) is 8. The number of carbonyl (C=O) groups is 3. The quantitative estimate of drug-likeness (QED) is 0.0358. The number of carbonyl (C=O) groups excluding carboxylic acids is 3. The largest absolute Gasteiger partial charge is 0.494 e. The zero-order chi connectivity index (χ0) is 36.1. The molecule has 0 radical (unpaired) electrons. The molecule has 4 rings (SSSR count). The van der Waals surface area contributed by atoms with Crippen LogP contribution in [0.5, 0.6) is 11.5 Å². The van der Waals surface area contributed by atoms with Crippen molar-refractivity contribution in [1.82, 2.24) is 0 Å². The van der Waals surface area contributed by atoms with Crippen LogP contribution in [-0.2, 0) is 28.6 Å². The van der Waals surface area contributed by atoms with Gasteiger partial charge < -0.3 is 23.7 Å². The van der Waals surface area contributed by atoms with Gasteiger partial charge in [0.1, 0.15) is 17.6 Å². The Labute approximate surface area is 302 Å². The summed E-state index contributed by atoms with van der Waals surface area (Å²) in [4.78, 5) is 35.3. The molecule has 3 aromatic rings. The highest BCUT2D eigenvalue weighted by Gasteiger charge is 2.20. The molecule has 0 saturated heterocycles. The third kappa shape index (κ3) is 14.7. The third-order valence-corrected chi connectivity index (χ3v) is 8.45. The Morgan fingerprint density at radius 1 is 0.627 bits per heavy atom. The molecule has 270 valence electrons. The highest BCUT2D eigenvalue weighted by molar-refractivity contribution is 5.93. The van der Waals surface area contributed by atoms with Gasteiger partial charge in [0.15, 0.2) is 0 Å². The van der Waals surface area contributed by atoms with E-state index < -0.39 is 17.9 Å². The first-order valence-corrected chi connectivity index (χ1v) is 18.0. The van der Waals surface area contributed by atoms with Crippen LogP contribution in [0, 0.1) is 0 Å². The van der Waals surface area contributed by atoms with Gasteiger partial charge in [-0.2, -0.15) is 0 Å². The molecule has 8 nitrogen and oxygen atoms in total. The molecular formula is C43H50O8.